The fourth-order valence-electron chi connectivity index (χ4n) is 9.24. The molecular weight excluding hydrogens is 735 g/mol. The number of hydrogen-bond donors (Lipinski definition) is 3. The largest absolute Gasteiger partial charge is 0.488 e. The Hall–Kier alpha value is -5.08. The number of aromatic nitrogens is 4. The van der Waals surface area contributed by atoms with Crippen LogP contribution in [0.3, 0.4) is 0 Å². The molecule has 0 bridgehead atoms. The van der Waals surface area contributed by atoms with Gasteiger partial charge in [0.2, 0.25) is 11.8 Å². The van der Waals surface area contributed by atoms with Crippen LogP contribution in [0.4, 0.5) is 11.5 Å². The van der Waals surface area contributed by atoms with Crippen molar-refractivity contribution in [3.05, 3.63) is 59.9 Å². The lowest BCUT2D eigenvalue weighted by Crippen LogP contribution is -2.52. The van der Waals surface area contributed by atoms with Crippen molar-refractivity contribution >= 4 is 40.1 Å². The van der Waals surface area contributed by atoms with Gasteiger partial charge in [-0.3, -0.25) is 29.7 Å². The van der Waals surface area contributed by atoms with Crippen LogP contribution >= 0.6 is 0 Å². The number of hydrogen-bond acceptors (Lipinski definition) is 11. The van der Waals surface area contributed by atoms with Crippen molar-refractivity contribution in [3.63, 3.8) is 0 Å². The highest BCUT2D eigenvalue weighted by molar-refractivity contribution is 6.05. The van der Waals surface area contributed by atoms with Crippen molar-refractivity contribution in [2.24, 2.45) is 5.92 Å². The van der Waals surface area contributed by atoms with E-state index >= 15 is 0 Å². The predicted octanol–water partition coefficient (Wildman–Crippen LogP) is 5.06. The number of piperazine rings is 1. The molecule has 2 saturated carbocycles. The third-order valence-electron chi connectivity index (χ3n) is 13.0. The molecular formula is C44H55N9O5. The second kappa shape index (κ2) is 16.3. The normalized spacial score (nSPS) is 22.8. The Balaban J connectivity index is 0.000000156. The van der Waals surface area contributed by atoms with E-state index in [9.17, 15) is 19.5 Å². The van der Waals surface area contributed by atoms with Crippen molar-refractivity contribution in [1.29, 1.82) is 0 Å². The van der Waals surface area contributed by atoms with Crippen molar-refractivity contribution in [1.82, 2.24) is 35.3 Å². The molecule has 14 nitrogen and oxygen atoms in total. The number of piperidine rings is 2. The molecule has 1 atom stereocenters. The molecule has 2 aromatic heterocycles. The second-order valence-corrected chi connectivity index (χ2v) is 17.3. The number of anilines is 2. The van der Waals surface area contributed by atoms with Crippen molar-refractivity contribution in [3.8, 4) is 17.1 Å². The number of amides is 3. The molecule has 306 valence electrons. The summed E-state index contributed by atoms with van der Waals surface area (Å²) in [6.07, 6.45) is 12.9. The van der Waals surface area contributed by atoms with Gasteiger partial charge in [-0.2, -0.15) is 5.10 Å². The van der Waals surface area contributed by atoms with Crippen LogP contribution in [0.5, 0.6) is 5.75 Å². The van der Waals surface area contributed by atoms with Crippen LogP contribution in [0.15, 0.2) is 48.8 Å². The number of carbonyl (C=O) groups is 3. The van der Waals surface area contributed by atoms with Crippen LogP contribution in [0.2, 0.25) is 0 Å². The van der Waals surface area contributed by atoms with Crippen molar-refractivity contribution in [2.45, 2.75) is 102 Å². The van der Waals surface area contributed by atoms with Crippen LogP contribution in [-0.4, -0.2) is 116 Å². The zero-order chi connectivity index (χ0) is 39.8. The van der Waals surface area contributed by atoms with Gasteiger partial charge in [0.05, 0.1) is 17.3 Å². The van der Waals surface area contributed by atoms with E-state index in [1.54, 1.807) is 11.2 Å². The fourth-order valence-corrected chi connectivity index (χ4v) is 9.24. The number of rotatable bonds is 8. The van der Waals surface area contributed by atoms with Gasteiger partial charge in [0.15, 0.2) is 0 Å². The van der Waals surface area contributed by atoms with Gasteiger partial charge in [-0.15, -0.1) is 0 Å². The molecule has 1 unspecified atom stereocenters. The topological polar surface area (TPSA) is 160 Å². The summed E-state index contributed by atoms with van der Waals surface area (Å²) in [6, 6.07) is 13.4. The number of nitrogens with one attached hydrogen (secondary N) is 2. The lowest BCUT2D eigenvalue weighted by molar-refractivity contribution is -0.136. The lowest BCUT2D eigenvalue weighted by atomic mass is 9.89. The van der Waals surface area contributed by atoms with E-state index in [1.165, 1.54) is 38.6 Å². The summed E-state index contributed by atoms with van der Waals surface area (Å²) in [7, 11) is 0. The Kier molecular flexibility index (Phi) is 10.8. The molecule has 14 heteroatoms. The summed E-state index contributed by atoms with van der Waals surface area (Å²) in [5.74, 6) is 1.98. The van der Waals surface area contributed by atoms with E-state index in [1.807, 2.05) is 30.3 Å². The predicted molar refractivity (Wildman–Crippen MR) is 221 cm³/mol. The summed E-state index contributed by atoms with van der Waals surface area (Å²) in [5, 5.41) is 20.7. The molecule has 6 aliphatic rings. The van der Waals surface area contributed by atoms with Gasteiger partial charge in [-0.25, -0.2) is 9.97 Å². The van der Waals surface area contributed by atoms with Crippen LogP contribution in [0, 0.1) is 5.92 Å². The fraction of sp³-hybridized carbons (Fsp3) is 0.545. The van der Waals surface area contributed by atoms with Gasteiger partial charge in [-0.05, 0) is 99.7 Å². The molecule has 0 spiro atoms. The minimum Gasteiger partial charge on any atom is -0.488 e. The second-order valence-electron chi connectivity index (χ2n) is 17.3. The minimum absolute atomic E-state index is 0.00120. The Labute approximate surface area is 339 Å². The van der Waals surface area contributed by atoms with Gasteiger partial charge >= 0.3 is 0 Å². The van der Waals surface area contributed by atoms with Gasteiger partial charge in [0.25, 0.3) is 5.91 Å². The number of aliphatic hydroxyl groups is 1. The molecule has 0 radical (unpaired) electrons. The van der Waals surface area contributed by atoms with E-state index in [-0.39, 0.29) is 35.8 Å². The van der Waals surface area contributed by atoms with E-state index in [2.05, 4.69) is 59.2 Å². The molecule has 3 N–H and O–H groups in total. The maximum atomic E-state index is 12.7. The van der Waals surface area contributed by atoms with Crippen LogP contribution < -0.4 is 19.9 Å². The standard InChI is InChI=1S/C26H34N6O.C18H21N3O4/c1-26(9-10-26)33-20-7-8-22-21(15-20)25(30-29-22)23-16-24(28-18-27-23)32-13-11-31(12-14-32)17-19-5-3-2-4-6-19;22-13-5-7-20(8-6-13)12-1-2-14-11(9-12)10-21(18(14)25)15-3-4-16(23)19-17(15)24/h7-8,15-16,18-19H,2-6,9-14,17H2,1H3,(H,29,30);1-2,9,13,15,22H,3-8,10H2,(H,19,23,24). The zero-order valence-corrected chi connectivity index (χ0v) is 33.5. The highest BCUT2D eigenvalue weighted by Crippen LogP contribution is 2.41. The lowest BCUT2D eigenvalue weighted by Gasteiger charge is -2.37. The molecule has 2 aromatic carbocycles. The first-order valence-corrected chi connectivity index (χ1v) is 21.4. The van der Waals surface area contributed by atoms with Gasteiger partial charge in [0, 0.05) is 81.5 Å². The van der Waals surface area contributed by atoms with Gasteiger partial charge < -0.3 is 24.5 Å². The minimum atomic E-state index is -0.578. The molecule has 4 aliphatic heterocycles. The van der Waals surface area contributed by atoms with E-state index < -0.39 is 6.04 Å². The molecule has 5 fully saturated rings. The Morgan fingerprint density at radius 2 is 1.66 bits per heavy atom. The number of benzene rings is 2. The van der Waals surface area contributed by atoms with Crippen molar-refractivity contribution < 1.29 is 24.2 Å². The number of aliphatic hydroxyl groups excluding tert-OH is 1. The average molecular weight is 790 g/mol. The maximum absolute atomic E-state index is 12.7. The first-order valence-electron chi connectivity index (χ1n) is 21.4. The number of nitrogens with zero attached hydrogens (tertiary/aromatic N) is 7. The van der Waals surface area contributed by atoms with E-state index in [0.717, 1.165) is 116 Å². The maximum Gasteiger partial charge on any atom is 0.255 e. The van der Waals surface area contributed by atoms with Gasteiger partial charge in [-0.1, -0.05) is 19.3 Å². The number of ether oxygens (including phenoxy) is 1. The van der Waals surface area contributed by atoms with Gasteiger partial charge in [0.1, 0.15) is 35.2 Å². The molecule has 2 aliphatic carbocycles. The quantitative estimate of drug-likeness (QED) is 0.205. The van der Waals surface area contributed by atoms with Crippen LogP contribution in [0.25, 0.3) is 22.3 Å². The zero-order valence-electron chi connectivity index (χ0n) is 33.5. The number of H-pyrrole nitrogens is 1. The number of aromatic amines is 1. The number of carbonyl (C=O) groups excluding carboxylic acids is 3. The number of imide groups is 1. The summed E-state index contributed by atoms with van der Waals surface area (Å²) >= 11 is 0. The van der Waals surface area contributed by atoms with Crippen LogP contribution in [-0.2, 0) is 16.1 Å². The summed E-state index contributed by atoms with van der Waals surface area (Å²) in [4.78, 5) is 54.0. The van der Waals surface area contributed by atoms with Crippen LogP contribution in [0.1, 0.15) is 93.5 Å². The first kappa shape index (κ1) is 38.4. The number of fused-ring (bicyclic) bond motifs is 2. The molecule has 3 saturated heterocycles. The molecule has 58 heavy (non-hydrogen) atoms. The first-order chi connectivity index (χ1) is 28.2. The average Bonchev–Trinajstić information content (AvgIpc) is 3.66. The molecule has 10 rings (SSSR count). The monoisotopic (exact) mass is 789 g/mol. The summed E-state index contributed by atoms with van der Waals surface area (Å²) < 4.78 is 6.18. The summed E-state index contributed by atoms with van der Waals surface area (Å²) in [5.41, 5.74) is 5.29. The van der Waals surface area contributed by atoms with E-state index in [0.29, 0.717) is 18.5 Å². The molecule has 4 aromatic rings. The Bertz CT molecular complexity index is 2150. The smallest absolute Gasteiger partial charge is 0.255 e. The highest BCUT2D eigenvalue weighted by Gasteiger charge is 2.41. The van der Waals surface area contributed by atoms with E-state index in [4.69, 9.17) is 4.74 Å². The molecule has 3 amide bonds. The summed E-state index contributed by atoms with van der Waals surface area (Å²) in [6.45, 7) is 9.67. The highest BCUT2D eigenvalue weighted by atomic mass is 16.5. The molecule has 6 heterocycles. The Morgan fingerprint density at radius 3 is 2.41 bits per heavy atom. The third-order valence-corrected chi connectivity index (χ3v) is 13.0. The van der Waals surface area contributed by atoms with Crippen molar-refractivity contribution in [2.75, 3.05) is 55.6 Å². The SMILES string of the molecule is CC1(Oc2ccc3[nH]nc(-c4cc(N5CCN(CC6CCCCC6)CC5)ncn4)c3c2)CC1.O=C1CCC(N2Cc3cc(N4CCC(O)CC4)ccc3C2=O)C(=O)N1. The third kappa shape index (κ3) is 8.40. The Morgan fingerprint density at radius 1 is 0.862 bits per heavy atom.